The first-order chi connectivity index (χ1) is 12.9. The van der Waals surface area contributed by atoms with E-state index in [0.717, 1.165) is 0 Å². The molecule has 168 valence electrons. The van der Waals surface area contributed by atoms with Crippen molar-refractivity contribution in [1.82, 2.24) is 15.0 Å². The van der Waals surface area contributed by atoms with Gasteiger partial charge in [0.1, 0.15) is 0 Å². The molecular weight excluding hydrogens is 448 g/mol. The molecule has 1 N–H and O–H groups in total. The predicted octanol–water partition coefficient (Wildman–Crippen LogP) is 4.05. The van der Waals surface area contributed by atoms with E-state index in [1.165, 1.54) is 6.92 Å². The molecule has 1 heterocycles. The van der Waals surface area contributed by atoms with Gasteiger partial charge in [0.25, 0.3) is 12.2 Å². The summed E-state index contributed by atoms with van der Waals surface area (Å²) < 4.78 is 157. The first kappa shape index (κ1) is 24.6. The van der Waals surface area contributed by atoms with E-state index >= 15 is 0 Å². The van der Waals surface area contributed by atoms with Gasteiger partial charge in [-0.1, -0.05) is 0 Å². The summed E-state index contributed by atoms with van der Waals surface area (Å²) in [7, 11) is 0. The molecule has 0 aliphatic rings. The Morgan fingerprint density at radius 3 is 1.21 bits per heavy atom. The first-order valence-electron chi connectivity index (χ1n) is 6.95. The van der Waals surface area contributed by atoms with E-state index in [-0.39, 0.29) is 6.54 Å². The average Bonchev–Trinajstić information content (AvgIpc) is 2.46. The van der Waals surface area contributed by atoms with Crippen molar-refractivity contribution >= 4 is 5.95 Å². The molecule has 0 aliphatic heterocycles. The molecule has 0 bridgehead atoms. The number of hydrogen-bond acceptors (Lipinski definition) is 6. The Labute approximate surface area is 152 Å². The van der Waals surface area contributed by atoms with Crippen LogP contribution in [0.1, 0.15) is 6.92 Å². The SMILES string of the molecule is CCNc1nc(OC(C(F)(F)F)C(F)(F)F)nc(OC(C(F)(F)F)C(F)(F)F)n1. The van der Waals surface area contributed by atoms with Crippen molar-refractivity contribution in [1.29, 1.82) is 0 Å². The van der Waals surface area contributed by atoms with Crippen molar-refractivity contribution in [2.24, 2.45) is 0 Å². The van der Waals surface area contributed by atoms with Gasteiger partial charge >= 0.3 is 36.7 Å². The molecule has 18 heteroatoms. The van der Waals surface area contributed by atoms with Crippen LogP contribution in [0.2, 0.25) is 0 Å². The van der Waals surface area contributed by atoms with Crippen LogP contribution >= 0.6 is 0 Å². The summed E-state index contributed by atoms with van der Waals surface area (Å²) in [6.45, 7) is 1.10. The number of hydrogen-bond donors (Lipinski definition) is 1. The lowest BCUT2D eigenvalue weighted by Crippen LogP contribution is -2.47. The quantitative estimate of drug-likeness (QED) is 0.652. The van der Waals surface area contributed by atoms with Crippen LogP contribution in [0.3, 0.4) is 0 Å². The third-order valence-corrected chi connectivity index (χ3v) is 2.56. The highest BCUT2D eigenvalue weighted by Crippen LogP contribution is 2.38. The van der Waals surface area contributed by atoms with Crippen LogP contribution in [-0.4, -0.2) is 58.4 Å². The maximum atomic E-state index is 12.5. The van der Waals surface area contributed by atoms with Gasteiger partial charge in [-0.05, 0) is 6.92 Å². The molecule has 0 amide bonds. The van der Waals surface area contributed by atoms with Crippen LogP contribution in [0.25, 0.3) is 0 Å². The van der Waals surface area contributed by atoms with Gasteiger partial charge in [0.2, 0.25) is 5.95 Å². The van der Waals surface area contributed by atoms with Gasteiger partial charge in [-0.15, -0.1) is 4.98 Å². The third-order valence-electron chi connectivity index (χ3n) is 2.56. The smallest absolute Gasteiger partial charge is 0.434 e. The fraction of sp³-hybridized carbons (Fsp3) is 0.727. The van der Waals surface area contributed by atoms with Gasteiger partial charge in [-0.3, -0.25) is 0 Å². The van der Waals surface area contributed by atoms with E-state index in [1.54, 1.807) is 0 Å². The molecule has 0 saturated heterocycles. The van der Waals surface area contributed by atoms with Gasteiger partial charge in [-0.2, -0.15) is 62.7 Å². The predicted molar refractivity (Wildman–Crippen MR) is 67.0 cm³/mol. The molecule has 0 fully saturated rings. The Bertz CT molecular complexity index is 604. The molecule has 29 heavy (non-hydrogen) atoms. The van der Waals surface area contributed by atoms with E-state index in [4.69, 9.17) is 0 Å². The highest BCUT2D eigenvalue weighted by atomic mass is 19.4. The molecule has 0 aromatic carbocycles. The van der Waals surface area contributed by atoms with Gasteiger partial charge in [0, 0.05) is 6.54 Å². The van der Waals surface area contributed by atoms with E-state index in [2.05, 4.69) is 24.4 Å². The van der Waals surface area contributed by atoms with Crippen molar-refractivity contribution in [3.05, 3.63) is 0 Å². The summed E-state index contributed by atoms with van der Waals surface area (Å²) in [5.74, 6) is -1.00. The molecule has 0 aliphatic carbocycles. The standard InChI is InChI=1S/C11H8F12N4O2/c1-2-24-5-25-6(28-3(8(12,13)14)9(15,16)17)27-7(26-5)29-4(10(18,19)20)11(21,22)23/h3-4H,2H2,1H3,(H,24,25,26,27). The molecule has 1 aromatic heterocycles. The molecule has 0 radical (unpaired) electrons. The fourth-order valence-electron chi connectivity index (χ4n) is 1.53. The second-order valence-electron chi connectivity index (χ2n) is 4.92. The van der Waals surface area contributed by atoms with E-state index in [0.29, 0.717) is 0 Å². The Morgan fingerprint density at radius 1 is 0.655 bits per heavy atom. The Balaban J connectivity index is 3.36. The lowest BCUT2D eigenvalue weighted by molar-refractivity contribution is -0.302. The monoisotopic (exact) mass is 456 g/mol. The van der Waals surface area contributed by atoms with Crippen molar-refractivity contribution in [2.75, 3.05) is 11.9 Å². The zero-order valence-corrected chi connectivity index (χ0v) is 13.6. The number of alkyl halides is 12. The van der Waals surface area contributed by atoms with Crippen LogP contribution in [-0.2, 0) is 0 Å². The molecule has 0 saturated carbocycles. The zero-order chi connectivity index (χ0) is 22.8. The van der Waals surface area contributed by atoms with Crippen molar-refractivity contribution in [2.45, 2.75) is 43.8 Å². The minimum atomic E-state index is -6.06. The summed E-state index contributed by atoms with van der Waals surface area (Å²) in [4.78, 5) is 8.39. The minimum absolute atomic E-state index is 0.188. The van der Waals surface area contributed by atoms with Crippen LogP contribution in [0, 0.1) is 0 Å². The average molecular weight is 456 g/mol. The molecule has 0 spiro atoms. The molecule has 0 unspecified atom stereocenters. The zero-order valence-electron chi connectivity index (χ0n) is 13.6. The summed E-state index contributed by atoms with van der Waals surface area (Å²) in [5.41, 5.74) is 0. The number of halogens is 12. The number of rotatable bonds is 6. The molecule has 1 aromatic rings. The van der Waals surface area contributed by atoms with Gasteiger partial charge in [-0.25, -0.2) is 0 Å². The molecule has 1 rings (SSSR count). The van der Waals surface area contributed by atoms with Crippen LogP contribution in [0.15, 0.2) is 0 Å². The van der Waals surface area contributed by atoms with Gasteiger partial charge in [0.05, 0.1) is 0 Å². The van der Waals surface area contributed by atoms with Crippen LogP contribution in [0.5, 0.6) is 12.0 Å². The number of aromatic nitrogens is 3. The van der Waals surface area contributed by atoms with E-state index in [1.807, 2.05) is 5.32 Å². The van der Waals surface area contributed by atoms with Crippen molar-refractivity contribution < 1.29 is 62.2 Å². The Morgan fingerprint density at radius 2 is 0.966 bits per heavy atom. The lowest BCUT2D eigenvalue weighted by atomic mass is 10.3. The van der Waals surface area contributed by atoms with Crippen molar-refractivity contribution in [3.8, 4) is 12.0 Å². The van der Waals surface area contributed by atoms with Crippen LogP contribution < -0.4 is 14.8 Å². The maximum Gasteiger partial charge on any atom is 0.434 e. The van der Waals surface area contributed by atoms with E-state index in [9.17, 15) is 52.7 Å². The second kappa shape index (κ2) is 8.13. The van der Waals surface area contributed by atoms with Gasteiger partial charge < -0.3 is 14.8 Å². The Hall–Kier alpha value is -2.43. The normalized spacial score (nSPS) is 13.8. The summed E-state index contributed by atoms with van der Waals surface area (Å²) >= 11 is 0. The lowest BCUT2D eigenvalue weighted by Gasteiger charge is -2.24. The largest absolute Gasteiger partial charge is 0.440 e. The minimum Gasteiger partial charge on any atom is -0.440 e. The summed E-state index contributed by atoms with van der Waals surface area (Å²) in [6.07, 6.45) is -33.3. The summed E-state index contributed by atoms with van der Waals surface area (Å²) in [6, 6.07) is -3.76. The Kier molecular flexibility index (Phi) is 6.90. The number of nitrogens with one attached hydrogen (secondary N) is 1. The van der Waals surface area contributed by atoms with Gasteiger partial charge in [0.15, 0.2) is 0 Å². The number of nitrogens with zero attached hydrogens (tertiary/aromatic N) is 3. The number of anilines is 1. The highest BCUT2D eigenvalue weighted by Gasteiger charge is 2.61. The molecular formula is C11H8F12N4O2. The number of ether oxygens (including phenoxy) is 2. The van der Waals surface area contributed by atoms with Crippen LogP contribution in [0.4, 0.5) is 58.6 Å². The molecule has 0 atom stereocenters. The third kappa shape index (κ3) is 7.15. The molecule has 6 nitrogen and oxygen atoms in total. The van der Waals surface area contributed by atoms with Crippen molar-refractivity contribution in [3.63, 3.8) is 0 Å². The van der Waals surface area contributed by atoms with E-state index < -0.39 is 54.9 Å². The fourth-order valence-corrected chi connectivity index (χ4v) is 1.53. The second-order valence-corrected chi connectivity index (χ2v) is 4.92. The first-order valence-corrected chi connectivity index (χ1v) is 6.95. The maximum absolute atomic E-state index is 12.5. The summed E-state index contributed by atoms with van der Waals surface area (Å²) in [5, 5.41) is 2.04. The highest BCUT2D eigenvalue weighted by molar-refractivity contribution is 5.27. The topological polar surface area (TPSA) is 69.2 Å².